The Morgan fingerprint density at radius 2 is 2.06 bits per heavy atom. The number of piperidine rings is 1. The summed E-state index contributed by atoms with van der Waals surface area (Å²) in [7, 11) is 1.80. The van der Waals surface area contributed by atoms with Gasteiger partial charge in [-0.3, -0.25) is 19.5 Å². The minimum Gasteiger partial charge on any atom is -0.376 e. The van der Waals surface area contributed by atoms with Crippen molar-refractivity contribution in [2.45, 2.75) is 51.2 Å². The van der Waals surface area contributed by atoms with Gasteiger partial charge in [0, 0.05) is 56.5 Å². The number of hydrogen-bond donors (Lipinski definition) is 2. The van der Waals surface area contributed by atoms with Crippen LogP contribution in [0, 0.1) is 5.41 Å². The van der Waals surface area contributed by atoms with Crippen molar-refractivity contribution < 1.29 is 4.74 Å². The Balaban J connectivity index is 1.32. The fraction of sp³-hybridized carbons (Fsp3) is 0.636. The number of nitrogens with zero attached hydrogens (tertiary/aromatic N) is 6. The quantitative estimate of drug-likeness (QED) is 0.725. The molecule has 0 unspecified atom stereocenters. The SMILES string of the molecule is C[C@@H]1OCC2(CCN(c3nc4[nH]nc(N5CCC6=C5CCC=N6)c4c(=O)n3C)CC2)[C@@H]1N. The molecular weight excluding hydrogens is 408 g/mol. The maximum Gasteiger partial charge on any atom is 0.268 e. The van der Waals surface area contributed by atoms with E-state index in [1.165, 1.54) is 5.70 Å². The Morgan fingerprint density at radius 3 is 2.81 bits per heavy atom. The second-order valence-corrected chi connectivity index (χ2v) is 9.58. The van der Waals surface area contributed by atoms with Gasteiger partial charge < -0.3 is 20.3 Å². The number of nitrogens with one attached hydrogen (secondary N) is 1. The van der Waals surface area contributed by atoms with Gasteiger partial charge in [-0.25, -0.2) is 0 Å². The molecule has 3 N–H and O–H groups in total. The fourth-order valence-electron chi connectivity index (χ4n) is 5.82. The first kappa shape index (κ1) is 19.9. The molecule has 4 aliphatic heterocycles. The summed E-state index contributed by atoms with van der Waals surface area (Å²) in [5.41, 5.74) is 9.26. The Morgan fingerprint density at radius 1 is 1.25 bits per heavy atom. The van der Waals surface area contributed by atoms with Crippen LogP contribution in [0.2, 0.25) is 0 Å². The summed E-state index contributed by atoms with van der Waals surface area (Å²) >= 11 is 0. The lowest BCUT2D eigenvalue weighted by Crippen LogP contribution is -2.51. The maximum atomic E-state index is 13.5. The summed E-state index contributed by atoms with van der Waals surface area (Å²) in [5, 5.41) is 8.10. The second kappa shape index (κ2) is 7.14. The summed E-state index contributed by atoms with van der Waals surface area (Å²) in [6.45, 7) is 5.17. The van der Waals surface area contributed by atoms with Crippen molar-refractivity contribution in [1.82, 2.24) is 19.7 Å². The normalized spacial score (nSPS) is 27.2. The number of fused-ring (bicyclic) bond motifs is 1. The summed E-state index contributed by atoms with van der Waals surface area (Å²) in [6, 6.07) is 0.0582. The molecule has 0 aromatic carbocycles. The number of aromatic nitrogens is 4. The average molecular weight is 439 g/mol. The smallest absolute Gasteiger partial charge is 0.268 e. The van der Waals surface area contributed by atoms with Crippen LogP contribution in [0.4, 0.5) is 11.8 Å². The van der Waals surface area contributed by atoms with E-state index >= 15 is 0 Å². The van der Waals surface area contributed by atoms with Gasteiger partial charge in [0.1, 0.15) is 5.39 Å². The van der Waals surface area contributed by atoms with Gasteiger partial charge >= 0.3 is 0 Å². The van der Waals surface area contributed by atoms with Gasteiger partial charge in [-0.2, -0.15) is 10.1 Å². The molecule has 6 heterocycles. The van der Waals surface area contributed by atoms with Crippen molar-refractivity contribution in [3.05, 3.63) is 21.7 Å². The molecule has 10 nitrogen and oxygen atoms in total. The number of aromatic amines is 1. The second-order valence-electron chi connectivity index (χ2n) is 9.58. The zero-order chi connectivity index (χ0) is 22.0. The fourth-order valence-corrected chi connectivity index (χ4v) is 5.82. The third-order valence-electron chi connectivity index (χ3n) is 7.89. The van der Waals surface area contributed by atoms with E-state index in [0.29, 0.717) is 22.8 Å². The van der Waals surface area contributed by atoms with E-state index in [1.54, 1.807) is 11.6 Å². The molecule has 6 rings (SSSR count). The molecule has 0 amide bonds. The molecule has 0 radical (unpaired) electrons. The molecule has 170 valence electrons. The van der Waals surface area contributed by atoms with Crippen LogP contribution in [0.25, 0.3) is 11.0 Å². The number of aliphatic imine (C=N–C) groups is 1. The number of rotatable bonds is 2. The summed E-state index contributed by atoms with van der Waals surface area (Å²) < 4.78 is 7.51. The third-order valence-corrected chi connectivity index (χ3v) is 7.89. The van der Waals surface area contributed by atoms with Crippen LogP contribution in [0.5, 0.6) is 0 Å². The number of allylic oxidation sites excluding steroid dienone is 1. The zero-order valence-electron chi connectivity index (χ0n) is 18.7. The van der Waals surface area contributed by atoms with Crippen LogP contribution in [0.3, 0.4) is 0 Å². The molecule has 10 heteroatoms. The number of ether oxygens (including phenoxy) is 1. The molecule has 2 saturated heterocycles. The van der Waals surface area contributed by atoms with E-state index in [0.717, 1.165) is 64.0 Å². The molecule has 1 spiro atoms. The first-order valence-corrected chi connectivity index (χ1v) is 11.6. The van der Waals surface area contributed by atoms with Crippen LogP contribution in [0.1, 0.15) is 39.0 Å². The van der Waals surface area contributed by atoms with Crippen molar-refractivity contribution in [2.75, 3.05) is 36.0 Å². The van der Waals surface area contributed by atoms with Gasteiger partial charge in [0.05, 0.1) is 18.4 Å². The summed E-state index contributed by atoms with van der Waals surface area (Å²) in [5.74, 6) is 1.35. The van der Waals surface area contributed by atoms with E-state index < -0.39 is 0 Å². The predicted octanol–water partition coefficient (Wildman–Crippen LogP) is 1.28. The van der Waals surface area contributed by atoms with E-state index in [1.807, 2.05) is 6.21 Å². The Bertz CT molecular complexity index is 1190. The molecule has 4 aliphatic rings. The molecule has 0 aliphatic carbocycles. The molecule has 0 bridgehead atoms. The highest BCUT2D eigenvalue weighted by Crippen LogP contribution is 2.42. The van der Waals surface area contributed by atoms with Gasteiger partial charge in [0.15, 0.2) is 11.5 Å². The molecule has 2 atom stereocenters. The highest BCUT2D eigenvalue weighted by molar-refractivity contribution is 5.89. The summed E-state index contributed by atoms with van der Waals surface area (Å²) in [6.07, 6.45) is 6.68. The molecular formula is C22H30N8O2. The lowest BCUT2D eigenvalue weighted by molar-refractivity contribution is 0.0973. The third kappa shape index (κ3) is 2.78. The van der Waals surface area contributed by atoms with Crippen LogP contribution in [-0.4, -0.2) is 64.4 Å². The highest BCUT2D eigenvalue weighted by Gasteiger charge is 2.47. The monoisotopic (exact) mass is 438 g/mol. The molecule has 0 saturated carbocycles. The maximum absolute atomic E-state index is 13.5. The molecule has 32 heavy (non-hydrogen) atoms. The Hall–Kier alpha value is -2.72. The van der Waals surface area contributed by atoms with Crippen molar-refractivity contribution in [1.29, 1.82) is 0 Å². The van der Waals surface area contributed by atoms with Gasteiger partial charge in [-0.15, -0.1) is 0 Å². The summed E-state index contributed by atoms with van der Waals surface area (Å²) in [4.78, 5) is 27.2. The lowest BCUT2D eigenvalue weighted by atomic mass is 9.73. The van der Waals surface area contributed by atoms with E-state index in [4.69, 9.17) is 15.5 Å². The molecule has 2 fully saturated rings. The van der Waals surface area contributed by atoms with Crippen LogP contribution < -0.4 is 21.1 Å². The van der Waals surface area contributed by atoms with Crippen molar-refractivity contribution in [3.63, 3.8) is 0 Å². The topological polar surface area (TPSA) is 118 Å². The van der Waals surface area contributed by atoms with Gasteiger partial charge in [-0.1, -0.05) is 0 Å². The van der Waals surface area contributed by atoms with Crippen LogP contribution in [0.15, 0.2) is 21.2 Å². The van der Waals surface area contributed by atoms with Gasteiger partial charge in [0.2, 0.25) is 5.95 Å². The van der Waals surface area contributed by atoms with Crippen molar-refractivity contribution in [3.8, 4) is 0 Å². The standard InChI is InChI=1S/C22H30N8O2/c1-13-17(23)22(12-32-13)6-10-29(11-7-22)21-25-18-16(20(31)28(21)2)19(27-26-18)30-9-5-14-15(30)4-3-8-24-14/h8,13,17H,3-7,9-12,23H2,1-2H3,(H,26,27)/t13-,17+/m0/s1. The Kier molecular flexibility index (Phi) is 4.45. The van der Waals surface area contributed by atoms with E-state index in [-0.39, 0.29) is 23.1 Å². The number of hydrogen-bond acceptors (Lipinski definition) is 8. The zero-order valence-corrected chi connectivity index (χ0v) is 18.7. The molecule has 2 aromatic rings. The number of anilines is 2. The number of nitrogens with two attached hydrogens (primary N) is 1. The van der Waals surface area contributed by atoms with E-state index in [2.05, 4.69) is 31.9 Å². The molecule has 2 aromatic heterocycles. The van der Waals surface area contributed by atoms with Crippen molar-refractivity contribution >= 4 is 29.0 Å². The minimum atomic E-state index is -0.0723. The Labute approximate surface area is 186 Å². The van der Waals surface area contributed by atoms with Crippen molar-refractivity contribution in [2.24, 2.45) is 23.2 Å². The minimum absolute atomic E-state index is 0.0315. The average Bonchev–Trinajstić information content (AvgIpc) is 3.50. The largest absolute Gasteiger partial charge is 0.376 e. The first-order chi connectivity index (χ1) is 15.5. The van der Waals surface area contributed by atoms with Gasteiger partial charge in [-0.05, 0) is 32.6 Å². The predicted molar refractivity (Wildman–Crippen MR) is 123 cm³/mol. The van der Waals surface area contributed by atoms with E-state index in [9.17, 15) is 4.79 Å². The highest BCUT2D eigenvalue weighted by atomic mass is 16.5. The van der Waals surface area contributed by atoms with Gasteiger partial charge in [0.25, 0.3) is 5.56 Å². The van der Waals surface area contributed by atoms with Crippen LogP contribution >= 0.6 is 0 Å². The number of H-pyrrole nitrogens is 1. The van der Waals surface area contributed by atoms with Crippen LogP contribution in [-0.2, 0) is 11.8 Å². The first-order valence-electron chi connectivity index (χ1n) is 11.6. The lowest BCUT2D eigenvalue weighted by Gasteiger charge is -2.41.